The van der Waals surface area contributed by atoms with E-state index in [0.29, 0.717) is 12.0 Å². The van der Waals surface area contributed by atoms with E-state index in [0.717, 1.165) is 25.3 Å². The monoisotopic (exact) mass is 286 g/mol. The van der Waals surface area contributed by atoms with Crippen molar-refractivity contribution in [1.29, 1.82) is 0 Å². The minimum absolute atomic E-state index is 0.00449. The van der Waals surface area contributed by atoms with Crippen LogP contribution in [0.3, 0.4) is 0 Å². The lowest BCUT2D eigenvalue weighted by Gasteiger charge is -2.28. The molecule has 0 heterocycles. The lowest BCUT2D eigenvalue weighted by molar-refractivity contribution is -0.146. The summed E-state index contributed by atoms with van der Waals surface area (Å²) in [6, 6.07) is 5.41. The van der Waals surface area contributed by atoms with Crippen LogP contribution in [0.5, 0.6) is 0 Å². The molecular weight excluding hydrogens is 269 g/mol. The molecule has 0 N–H and O–H groups in total. The summed E-state index contributed by atoms with van der Waals surface area (Å²) in [4.78, 5) is 11.6. The Morgan fingerprint density at radius 3 is 2.70 bits per heavy atom. The number of halogens is 3. The van der Waals surface area contributed by atoms with Crippen molar-refractivity contribution in [2.75, 3.05) is 7.11 Å². The van der Waals surface area contributed by atoms with Crippen LogP contribution in [0.15, 0.2) is 24.3 Å². The summed E-state index contributed by atoms with van der Waals surface area (Å²) in [5.74, 6) is -0.467. The van der Waals surface area contributed by atoms with Crippen LogP contribution in [-0.4, -0.2) is 13.1 Å². The Morgan fingerprint density at radius 1 is 1.30 bits per heavy atom. The fraction of sp³-hybridized carbons (Fsp3) is 0.533. The third-order valence-corrected chi connectivity index (χ3v) is 3.89. The number of esters is 1. The number of hydrogen-bond acceptors (Lipinski definition) is 2. The first kappa shape index (κ1) is 14.9. The molecule has 0 spiro atoms. The van der Waals surface area contributed by atoms with Gasteiger partial charge in [-0.05, 0) is 36.8 Å². The molecule has 1 aromatic carbocycles. The standard InChI is InChI=1S/C15H17F3O2/c1-20-14(19)12-6-2-4-10(8-12)11-5-3-7-13(9-11)15(16,17)18/h3,5,7,9-10,12H,2,4,6,8H2,1H3. The highest BCUT2D eigenvalue weighted by Gasteiger charge is 2.33. The zero-order chi connectivity index (χ0) is 14.8. The molecule has 0 aromatic heterocycles. The van der Waals surface area contributed by atoms with Gasteiger partial charge in [-0.3, -0.25) is 4.79 Å². The molecule has 2 unspecified atom stereocenters. The molecule has 5 heteroatoms. The summed E-state index contributed by atoms with van der Waals surface area (Å²) in [6.07, 6.45) is -1.36. The fourth-order valence-electron chi connectivity index (χ4n) is 2.84. The van der Waals surface area contributed by atoms with Crippen molar-refractivity contribution < 1.29 is 22.7 Å². The van der Waals surface area contributed by atoms with Crippen LogP contribution in [0.2, 0.25) is 0 Å². The molecule has 1 aliphatic carbocycles. The highest BCUT2D eigenvalue weighted by molar-refractivity contribution is 5.72. The molecule has 2 nitrogen and oxygen atoms in total. The van der Waals surface area contributed by atoms with Crippen LogP contribution in [0.1, 0.15) is 42.7 Å². The Morgan fingerprint density at radius 2 is 2.05 bits per heavy atom. The van der Waals surface area contributed by atoms with Gasteiger partial charge in [-0.1, -0.05) is 24.6 Å². The molecule has 2 atom stereocenters. The molecule has 0 radical (unpaired) electrons. The molecule has 0 saturated heterocycles. The van der Waals surface area contributed by atoms with Gasteiger partial charge in [0.1, 0.15) is 0 Å². The second-order valence-electron chi connectivity index (χ2n) is 5.21. The van der Waals surface area contributed by atoms with Crippen molar-refractivity contribution in [3.8, 4) is 0 Å². The van der Waals surface area contributed by atoms with Gasteiger partial charge in [-0.25, -0.2) is 0 Å². The second-order valence-corrected chi connectivity index (χ2v) is 5.21. The van der Waals surface area contributed by atoms with Crippen LogP contribution in [-0.2, 0) is 15.7 Å². The third kappa shape index (κ3) is 3.32. The van der Waals surface area contributed by atoms with E-state index in [2.05, 4.69) is 0 Å². The largest absolute Gasteiger partial charge is 0.469 e. The van der Waals surface area contributed by atoms with Crippen molar-refractivity contribution >= 4 is 5.97 Å². The van der Waals surface area contributed by atoms with Gasteiger partial charge in [0, 0.05) is 0 Å². The second kappa shape index (κ2) is 5.85. The molecule has 1 fully saturated rings. The van der Waals surface area contributed by atoms with Crippen molar-refractivity contribution in [3.05, 3.63) is 35.4 Å². The van der Waals surface area contributed by atoms with Gasteiger partial charge in [-0.15, -0.1) is 0 Å². The van der Waals surface area contributed by atoms with Crippen LogP contribution in [0.4, 0.5) is 13.2 Å². The van der Waals surface area contributed by atoms with Gasteiger partial charge < -0.3 is 4.74 Å². The highest BCUT2D eigenvalue weighted by atomic mass is 19.4. The van der Waals surface area contributed by atoms with Crippen molar-refractivity contribution in [1.82, 2.24) is 0 Å². The van der Waals surface area contributed by atoms with Crippen LogP contribution >= 0.6 is 0 Å². The summed E-state index contributed by atoms with van der Waals surface area (Å²) < 4.78 is 42.9. The Kier molecular flexibility index (Phi) is 4.35. The Labute approximate surface area is 115 Å². The first-order valence-corrected chi connectivity index (χ1v) is 6.67. The van der Waals surface area contributed by atoms with E-state index in [1.165, 1.54) is 19.2 Å². The number of rotatable bonds is 2. The Balaban J connectivity index is 2.17. The summed E-state index contributed by atoms with van der Waals surface area (Å²) in [5.41, 5.74) is 0.0311. The smallest absolute Gasteiger partial charge is 0.416 e. The topological polar surface area (TPSA) is 26.3 Å². The van der Waals surface area contributed by atoms with E-state index in [4.69, 9.17) is 4.74 Å². The van der Waals surface area contributed by atoms with Gasteiger partial charge in [0.05, 0.1) is 18.6 Å². The lowest BCUT2D eigenvalue weighted by atomic mass is 9.78. The van der Waals surface area contributed by atoms with Crippen molar-refractivity contribution in [2.24, 2.45) is 5.92 Å². The molecule has 1 aromatic rings. The summed E-state index contributed by atoms with van der Waals surface area (Å²) in [6.45, 7) is 0. The zero-order valence-corrected chi connectivity index (χ0v) is 11.2. The van der Waals surface area contributed by atoms with E-state index in [1.54, 1.807) is 6.07 Å². The molecule has 1 aliphatic rings. The first-order chi connectivity index (χ1) is 9.41. The SMILES string of the molecule is COC(=O)C1CCCC(c2cccc(C(F)(F)F)c2)C1. The van der Waals surface area contributed by atoms with Crippen molar-refractivity contribution in [3.63, 3.8) is 0 Å². The van der Waals surface area contributed by atoms with Crippen LogP contribution < -0.4 is 0 Å². The molecule has 0 amide bonds. The molecule has 2 rings (SSSR count). The maximum absolute atomic E-state index is 12.7. The normalized spacial score (nSPS) is 23.4. The molecule has 0 bridgehead atoms. The van der Waals surface area contributed by atoms with E-state index < -0.39 is 11.7 Å². The molecule has 1 saturated carbocycles. The lowest BCUT2D eigenvalue weighted by Crippen LogP contribution is -2.23. The third-order valence-electron chi connectivity index (χ3n) is 3.89. The average molecular weight is 286 g/mol. The van der Waals surface area contributed by atoms with Crippen LogP contribution in [0.25, 0.3) is 0 Å². The number of carbonyl (C=O) groups excluding carboxylic acids is 1. The highest BCUT2D eigenvalue weighted by Crippen LogP contribution is 2.38. The summed E-state index contributed by atoms with van der Waals surface area (Å²) in [7, 11) is 1.34. The van der Waals surface area contributed by atoms with Gasteiger partial charge in [0.2, 0.25) is 0 Å². The van der Waals surface area contributed by atoms with Gasteiger partial charge in [0.15, 0.2) is 0 Å². The number of methoxy groups -OCH3 is 1. The van der Waals surface area contributed by atoms with E-state index >= 15 is 0 Å². The maximum Gasteiger partial charge on any atom is 0.416 e. The number of benzene rings is 1. The van der Waals surface area contributed by atoms with Gasteiger partial charge >= 0.3 is 12.1 Å². The molecular formula is C15H17F3O2. The number of alkyl halides is 3. The van der Waals surface area contributed by atoms with Crippen LogP contribution in [0, 0.1) is 5.92 Å². The first-order valence-electron chi connectivity index (χ1n) is 6.67. The quantitative estimate of drug-likeness (QED) is 0.763. The average Bonchev–Trinajstić information content (AvgIpc) is 2.46. The molecule has 110 valence electrons. The Bertz CT molecular complexity index is 482. The predicted molar refractivity (Wildman–Crippen MR) is 68.2 cm³/mol. The van der Waals surface area contributed by atoms with E-state index in [-0.39, 0.29) is 17.8 Å². The predicted octanol–water partition coefficient (Wildman–Crippen LogP) is 4.15. The minimum atomic E-state index is -4.33. The summed E-state index contributed by atoms with van der Waals surface area (Å²) in [5, 5.41) is 0. The summed E-state index contributed by atoms with van der Waals surface area (Å²) >= 11 is 0. The van der Waals surface area contributed by atoms with Crippen molar-refractivity contribution in [2.45, 2.75) is 37.8 Å². The molecule has 20 heavy (non-hydrogen) atoms. The van der Waals surface area contributed by atoms with Gasteiger partial charge in [0.25, 0.3) is 0 Å². The fourth-order valence-corrected chi connectivity index (χ4v) is 2.84. The van der Waals surface area contributed by atoms with E-state index in [9.17, 15) is 18.0 Å². The number of carbonyl (C=O) groups is 1. The van der Waals surface area contributed by atoms with E-state index in [1.807, 2.05) is 0 Å². The number of hydrogen-bond donors (Lipinski definition) is 0. The maximum atomic E-state index is 12.7. The Hall–Kier alpha value is -1.52. The van der Waals surface area contributed by atoms with Gasteiger partial charge in [-0.2, -0.15) is 13.2 Å². The zero-order valence-electron chi connectivity index (χ0n) is 11.2. The molecule has 0 aliphatic heterocycles. The minimum Gasteiger partial charge on any atom is -0.469 e. The number of ether oxygens (including phenoxy) is 1.